The SMILES string of the molecule is CC.NC(=O)[S-].NC(=O)[S-].[Zn+2]. The molecule has 11 heavy (non-hydrogen) atoms. The van der Waals surface area contributed by atoms with E-state index in [9.17, 15) is 0 Å². The Morgan fingerprint density at radius 1 is 1.00 bits per heavy atom. The molecule has 0 radical (unpaired) electrons. The van der Waals surface area contributed by atoms with Crippen LogP contribution in [-0.2, 0) is 44.7 Å². The number of amides is 2. The number of carbonyl (C=O) groups excluding carboxylic acids is 2. The summed E-state index contributed by atoms with van der Waals surface area (Å²) in [5, 5.41) is -1.50. The topological polar surface area (TPSA) is 86.2 Å². The van der Waals surface area contributed by atoms with Crippen LogP contribution in [0.1, 0.15) is 13.8 Å². The normalized spacial score (nSPS) is 4.91. The van der Waals surface area contributed by atoms with Crippen molar-refractivity contribution in [3.05, 3.63) is 0 Å². The summed E-state index contributed by atoms with van der Waals surface area (Å²) in [6, 6.07) is 0. The van der Waals surface area contributed by atoms with Gasteiger partial charge in [0.25, 0.3) is 0 Å². The average Bonchev–Trinajstić information content (AvgIpc) is 1.66. The van der Waals surface area contributed by atoms with Gasteiger partial charge in [0.2, 0.25) is 0 Å². The third kappa shape index (κ3) is 56200000. The van der Waals surface area contributed by atoms with Crippen molar-refractivity contribution in [1.82, 2.24) is 0 Å². The first-order chi connectivity index (χ1) is 4.46. The molecule has 0 saturated carbocycles. The van der Waals surface area contributed by atoms with Crippen LogP contribution in [0.15, 0.2) is 0 Å². The molecule has 2 amide bonds. The summed E-state index contributed by atoms with van der Waals surface area (Å²) in [6.45, 7) is 4.00. The van der Waals surface area contributed by atoms with E-state index in [2.05, 4.69) is 36.7 Å². The van der Waals surface area contributed by atoms with Crippen LogP contribution in [-0.4, -0.2) is 10.5 Å². The van der Waals surface area contributed by atoms with Gasteiger partial charge in [0.1, 0.15) is 0 Å². The first kappa shape index (κ1) is 22.4. The molecule has 0 unspecified atom stereocenters. The Kier molecular flexibility index (Phi) is 45.9. The molecule has 62 valence electrons. The predicted octanol–water partition coefficient (Wildman–Crippen LogP) is 0.248. The van der Waals surface area contributed by atoms with Gasteiger partial charge >= 0.3 is 19.5 Å². The van der Waals surface area contributed by atoms with Gasteiger partial charge in [-0.3, -0.25) is 0 Å². The fourth-order valence-electron chi connectivity index (χ4n) is 0. The van der Waals surface area contributed by atoms with Crippen LogP contribution in [0.25, 0.3) is 0 Å². The molecule has 4 nitrogen and oxygen atoms in total. The first-order valence-electron chi connectivity index (χ1n) is 2.39. The zero-order valence-electron chi connectivity index (χ0n) is 6.49. The Bertz CT molecular complexity index is 82.1. The second-order valence-corrected chi connectivity index (χ2v) is 1.44. The minimum atomic E-state index is -0.750. The van der Waals surface area contributed by atoms with Gasteiger partial charge in [0.15, 0.2) is 0 Å². The van der Waals surface area contributed by atoms with E-state index in [-0.39, 0.29) is 19.5 Å². The van der Waals surface area contributed by atoms with Crippen molar-refractivity contribution in [2.45, 2.75) is 13.8 Å². The Morgan fingerprint density at radius 3 is 1.00 bits per heavy atom. The van der Waals surface area contributed by atoms with Crippen LogP contribution in [0, 0.1) is 0 Å². The van der Waals surface area contributed by atoms with Crippen LogP contribution >= 0.6 is 0 Å². The van der Waals surface area contributed by atoms with Crippen LogP contribution in [0.3, 0.4) is 0 Å². The number of rotatable bonds is 0. The van der Waals surface area contributed by atoms with E-state index in [1.54, 1.807) is 0 Å². The molecule has 0 atom stereocenters. The number of hydrogen-bond donors (Lipinski definition) is 2. The van der Waals surface area contributed by atoms with E-state index in [0.717, 1.165) is 0 Å². The maximum Gasteiger partial charge on any atom is 2.00 e. The minimum absolute atomic E-state index is 0. The van der Waals surface area contributed by atoms with Crippen LogP contribution < -0.4 is 11.5 Å². The summed E-state index contributed by atoms with van der Waals surface area (Å²) >= 11 is 7.52. The Hall–Kier alpha value is 0.00338. The molecule has 0 aromatic rings. The quantitative estimate of drug-likeness (QED) is 0.475. The van der Waals surface area contributed by atoms with E-state index < -0.39 is 10.5 Å². The van der Waals surface area contributed by atoms with Gasteiger partial charge in [-0.1, -0.05) is 13.8 Å². The first-order valence-corrected chi connectivity index (χ1v) is 3.21. The molecule has 0 aromatic heterocycles. The molecule has 0 aromatic carbocycles. The number of primary amides is 2. The van der Waals surface area contributed by atoms with E-state index in [4.69, 9.17) is 9.59 Å². The van der Waals surface area contributed by atoms with Gasteiger partial charge < -0.3 is 46.3 Å². The molecule has 0 aliphatic rings. The molecule has 4 N–H and O–H groups in total. The van der Waals surface area contributed by atoms with Crippen molar-refractivity contribution >= 4 is 35.7 Å². The average molecular weight is 248 g/mol. The third-order valence-corrected chi connectivity index (χ3v) is 0. The Labute approximate surface area is 90.0 Å². The monoisotopic (exact) mass is 246 g/mol. The fraction of sp³-hybridized carbons (Fsp3) is 0.500. The molecule has 0 bridgehead atoms. The van der Waals surface area contributed by atoms with Crippen LogP contribution in [0.2, 0.25) is 0 Å². The summed E-state index contributed by atoms with van der Waals surface area (Å²) in [4.78, 5) is 18.1. The molecule has 0 aliphatic heterocycles. The Balaban J connectivity index is -0.0000000339. The van der Waals surface area contributed by atoms with Crippen molar-refractivity contribution in [2.24, 2.45) is 11.5 Å². The van der Waals surface area contributed by atoms with Gasteiger partial charge in [-0.05, 0) is 0 Å². The second kappa shape index (κ2) is 22.5. The zero-order chi connectivity index (χ0) is 9.15. The third-order valence-electron chi connectivity index (χ3n) is 0. The van der Waals surface area contributed by atoms with Crippen molar-refractivity contribution < 1.29 is 29.1 Å². The van der Waals surface area contributed by atoms with E-state index in [0.29, 0.717) is 0 Å². The molecule has 0 rings (SSSR count). The maximum atomic E-state index is 9.04. The summed E-state index contributed by atoms with van der Waals surface area (Å²) in [7, 11) is 0. The smallest absolute Gasteiger partial charge is 0.719 e. The number of hydrogen-bond acceptors (Lipinski definition) is 4. The summed E-state index contributed by atoms with van der Waals surface area (Å²) in [6.07, 6.45) is 0. The van der Waals surface area contributed by atoms with Crippen molar-refractivity contribution in [1.29, 1.82) is 0 Å². The maximum absolute atomic E-state index is 9.04. The zero-order valence-corrected chi connectivity index (χ0v) is 11.1. The fourth-order valence-corrected chi connectivity index (χ4v) is 0. The van der Waals surface area contributed by atoms with Gasteiger partial charge in [-0.25, -0.2) is 0 Å². The largest absolute Gasteiger partial charge is 2.00 e. The summed E-state index contributed by atoms with van der Waals surface area (Å²) < 4.78 is 0. The Morgan fingerprint density at radius 2 is 1.00 bits per heavy atom. The molecular formula is C4H10N2O2S2Zn. The predicted molar refractivity (Wildman–Crippen MR) is 45.2 cm³/mol. The molecule has 7 heteroatoms. The van der Waals surface area contributed by atoms with Gasteiger partial charge in [-0.15, -0.1) is 0 Å². The summed E-state index contributed by atoms with van der Waals surface area (Å²) in [5.41, 5.74) is 8.57. The van der Waals surface area contributed by atoms with E-state index >= 15 is 0 Å². The number of nitrogens with two attached hydrogens (primary N) is 2. The van der Waals surface area contributed by atoms with Crippen molar-refractivity contribution in [3.8, 4) is 0 Å². The molecule has 0 fully saturated rings. The molecule has 0 heterocycles. The molecular weight excluding hydrogens is 238 g/mol. The van der Waals surface area contributed by atoms with E-state index in [1.807, 2.05) is 13.8 Å². The molecule has 0 spiro atoms. The minimum Gasteiger partial charge on any atom is -0.719 e. The van der Waals surface area contributed by atoms with Gasteiger partial charge in [0, 0.05) is 0 Å². The summed E-state index contributed by atoms with van der Waals surface area (Å²) in [5.74, 6) is 0. The van der Waals surface area contributed by atoms with Crippen LogP contribution in [0.5, 0.6) is 0 Å². The van der Waals surface area contributed by atoms with Crippen LogP contribution in [0.4, 0.5) is 9.59 Å². The van der Waals surface area contributed by atoms with Gasteiger partial charge in [0.05, 0.1) is 10.5 Å². The second-order valence-electron chi connectivity index (χ2n) is 0.638. The number of carbonyl (C=O) groups is 2. The standard InChI is InChI=1S/C2H6.2CH3NOS.Zn/c1-2;2*2-1(3)4;/h1-2H3;2*(H3,2,3,4);/q;;;+2/p-2. The van der Waals surface area contributed by atoms with Gasteiger partial charge in [-0.2, -0.15) is 0 Å². The van der Waals surface area contributed by atoms with E-state index in [1.165, 1.54) is 0 Å². The van der Waals surface area contributed by atoms with Crippen molar-refractivity contribution in [2.75, 3.05) is 0 Å². The molecule has 0 aliphatic carbocycles. The van der Waals surface area contributed by atoms with Crippen molar-refractivity contribution in [3.63, 3.8) is 0 Å². The molecule has 0 saturated heterocycles.